The number of ether oxygens (including phenoxy) is 1. The van der Waals surface area contributed by atoms with Crippen LogP contribution in [0.3, 0.4) is 0 Å². The summed E-state index contributed by atoms with van der Waals surface area (Å²) >= 11 is 0. The summed E-state index contributed by atoms with van der Waals surface area (Å²) in [6, 6.07) is 21.4. The highest BCUT2D eigenvalue weighted by molar-refractivity contribution is 5.58. The average Bonchev–Trinajstić information content (AvgIpc) is 2.79. The molecule has 3 aromatic carbocycles. The molecule has 0 atom stereocenters. The Morgan fingerprint density at radius 3 is 2.57 bits per heavy atom. The summed E-state index contributed by atoms with van der Waals surface area (Å²) in [6.45, 7) is 0.705. The van der Waals surface area contributed by atoms with Gasteiger partial charge in [-0.3, -0.25) is 0 Å². The first kappa shape index (κ1) is 17.1. The first-order valence-electron chi connectivity index (χ1n) is 10.2. The second kappa shape index (κ2) is 7.52. The maximum atomic E-state index is 5.34. The van der Waals surface area contributed by atoms with E-state index in [1.807, 2.05) is 30.3 Å². The predicted octanol–water partition coefficient (Wildman–Crippen LogP) is 4.52. The summed E-state index contributed by atoms with van der Waals surface area (Å²) in [5.74, 6) is 0.991. The van der Waals surface area contributed by atoms with Gasteiger partial charge < -0.3 is 4.74 Å². The van der Waals surface area contributed by atoms with Crippen LogP contribution in [0.15, 0.2) is 66.7 Å². The van der Waals surface area contributed by atoms with E-state index in [2.05, 4.69) is 54.6 Å². The van der Waals surface area contributed by atoms with Gasteiger partial charge in [-0.05, 0) is 69.8 Å². The molecule has 1 heteroatoms. The molecule has 0 radical (unpaired) electrons. The lowest BCUT2D eigenvalue weighted by Gasteiger charge is -2.16. The van der Waals surface area contributed by atoms with Crippen molar-refractivity contribution in [2.45, 2.75) is 25.7 Å². The van der Waals surface area contributed by atoms with Crippen molar-refractivity contribution in [2.24, 2.45) is 0 Å². The van der Waals surface area contributed by atoms with Crippen molar-refractivity contribution in [2.75, 3.05) is 6.61 Å². The molecule has 0 saturated carbocycles. The van der Waals surface area contributed by atoms with Crippen LogP contribution < -0.4 is 15.2 Å². The normalized spacial score (nSPS) is 15.1. The van der Waals surface area contributed by atoms with Gasteiger partial charge in [-0.2, -0.15) is 0 Å². The SMILES string of the molecule is C1=Cc2ccccc2OC1.C1=c2ccc3c(c2CCC1)CC=c1ccccc1=3. The molecule has 0 spiro atoms. The molecule has 1 nitrogen and oxygen atoms in total. The Kier molecular flexibility index (Phi) is 4.58. The number of rotatable bonds is 0. The second-order valence-electron chi connectivity index (χ2n) is 7.50. The van der Waals surface area contributed by atoms with E-state index in [9.17, 15) is 0 Å². The molecule has 6 rings (SSSR count). The lowest BCUT2D eigenvalue weighted by molar-refractivity contribution is 0.358. The number of hydrogen-bond donors (Lipinski definition) is 0. The number of hydrogen-bond acceptors (Lipinski definition) is 1. The van der Waals surface area contributed by atoms with Crippen molar-refractivity contribution in [3.8, 4) is 5.75 Å². The van der Waals surface area contributed by atoms with Gasteiger partial charge in [0.05, 0.1) is 0 Å². The monoisotopic (exact) mass is 364 g/mol. The highest BCUT2D eigenvalue weighted by Gasteiger charge is 2.10. The van der Waals surface area contributed by atoms with E-state index in [-0.39, 0.29) is 0 Å². The summed E-state index contributed by atoms with van der Waals surface area (Å²) in [5.41, 5.74) is 4.35. The Balaban J connectivity index is 0.000000145. The molecule has 1 aliphatic heterocycles. The van der Waals surface area contributed by atoms with Crippen LogP contribution in [-0.4, -0.2) is 6.61 Å². The highest BCUT2D eigenvalue weighted by atomic mass is 16.5. The van der Waals surface area contributed by atoms with Gasteiger partial charge in [0.25, 0.3) is 0 Å². The van der Waals surface area contributed by atoms with Crippen molar-refractivity contribution < 1.29 is 4.74 Å². The second-order valence-corrected chi connectivity index (χ2v) is 7.50. The minimum absolute atomic E-state index is 0.705. The molecular formula is C27H24O. The Morgan fingerprint density at radius 2 is 1.61 bits per heavy atom. The third-order valence-corrected chi connectivity index (χ3v) is 5.79. The highest BCUT2D eigenvalue weighted by Crippen LogP contribution is 2.22. The zero-order valence-electron chi connectivity index (χ0n) is 16.0. The number of benzene rings is 3. The van der Waals surface area contributed by atoms with E-state index >= 15 is 0 Å². The van der Waals surface area contributed by atoms with Crippen molar-refractivity contribution in [1.82, 2.24) is 0 Å². The molecule has 3 aromatic rings. The molecule has 3 aliphatic rings. The van der Waals surface area contributed by atoms with Crippen LogP contribution in [0.25, 0.3) is 18.2 Å². The number of fused-ring (bicyclic) bond motifs is 5. The van der Waals surface area contributed by atoms with Crippen LogP contribution in [0.2, 0.25) is 0 Å². The first-order valence-corrected chi connectivity index (χ1v) is 10.2. The first-order chi connectivity index (χ1) is 13.9. The lowest BCUT2D eigenvalue weighted by Crippen LogP contribution is -2.19. The Morgan fingerprint density at radius 1 is 0.714 bits per heavy atom. The van der Waals surface area contributed by atoms with Crippen LogP contribution in [0.5, 0.6) is 5.75 Å². The van der Waals surface area contributed by atoms with Crippen molar-refractivity contribution >= 4 is 18.2 Å². The van der Waals surface area contributed by atoms with Crippen molar-refractivity contribution in [3.05, 3.63) is 104 Å². The maximum absolute atomic E-state index is 5.34. The van der Waals surface area contributed by atoms with Gasteiger partial charge in [-0.15, -0.1) is 0 Å². The van der Waals surface area contributed by atoms with E-state index in [4.69, 9.17) is 4.74 Å². The van der Waals surface area contributed by atoms with Gasteiger partial charge in [0.2, 0.25) is 0 Å². The van der Waals surface area contributed by atoms with Gasteiger partial charge in [0, 0.05) is 5.56 Å². The van der Waals surface area contributed by atoms with E-state index in [1.165, 1.54) is 45.7 Å². The fourth-order valence-electron chi connectivity index (χ4n) is 4.41. The minimum Gasteiger partial charge on any atom is -0.489 e. The summed E-state index contributed by atoms with van der Waals surface area (Å²) in [5, 5.41) is 5.74. The number of para-hydroxylation sites is 1. The van der Waals surface area contributed by atoms with Crippen molar-refractivity contribution in [1.29, 1.82) is 0 Å². The fourth-order valence-corrected chi connectivity index (χ4v) is 4.41. The smallest absolute Gasteiger partial charge is 0.126 e. The van der Waals surface area contributed by atoms with Gasteiger partial charge in [0.1, 0.15) is 12.4 Å². The molecule has 0 aromatic heterocycles. The van der Waals surface area contributed by atoms with Crippen molar-refractivity contribution in [3.63, 3.8) is 0 Å². The molecular weight excluding hydrogens is 340 g/mol. The summed E-state index contributed by atoms with van der Waals surface area (Å²) in [4.78, 5) is 0. The molecule has 28 heavy (non-hydrogen) atoms. The Bertz CT molecular complexity index is 1260. The van der Waals surface area contributed by atoms with Crippen LogP contribution in [0.4, 0.5) is 0 Å². The zero-order chi connectivity index (χ0) is 18.8. The Labute approximate surface area is 165 Å². The maximum Gasteiger partial charge on any atom is 0.126 e. The fraction of sp³-hybridized carbons (Fsp3) is 0.185. The summed E-state index contributed by atoms with van der Waals surface area (Å²) in [7, 11) is 0. The third-order valence-electron chi connectivity index (χ3n) is 5.79. The van der Waals surface area contributed by atoms with Gasteiger partial charge in [-0.1, -0.05) is 72.8 Å². The topological polar surface area (TPSA) is 9.23 Å². The standard InChI is InChI=1S/C18H16.C9H8O/c1-3-7-15-13(5-1)9-11-18-16-8-4-2-6-14(16)10-12-17(15)18;1-2-6-9-8(4-1)5-3-7-10-9/h1,3,5-7,9-10,12H,2,4,8,11H2;1-6H,7H2. The van der Waals surface area contributed by atoms with Crippen LogP contribution in [-0.2, 0) is 12.8 Å². The van der Waals surface area contributed by atoms with E-state index in [0.29, 0.717) is 6.61 Å². The Hall–Kier alpha value is -3.06. The molecule has 0 bridgehead atoms. The third kappa shape index (κ3) is 3.18. The molecule has 0 unspecified atom stereocenters. The molecule has 1 heterocycles. The molecule has 0 fully saturated rings. The molecule has 0 saturated heterocycles. The molecule has 0 amide bonds. The van der Waals surface area contributed by atoms with E-state index in [1.54, 1.807) is 11.1 Å². The van der Waals surface area contributed by atoms with Gasteiger partial charge >= 0.3 is 0 Å². The van der Waals surface area contributed by atoms with Gasteiger partial charge in [-0.25, -0.2) is 0 Å². The predicted molar refractivity (Wildman–Crippen MR) is 116 cm³/mol. The average molecular weight is 364 g/mol. The lowest BCUT2D eigenvalue weighted by atomic mass is 9.89. The van der Waals surface area contributed by atoms with Gasteiger partial charge in [0.15, 0.2) is 0 Å². The van der Waals surface area contributed by atoms with E-state index in [0.717, 1.165) is 12.2 Å². The molecule has 0 N–H and O–H groups in total. The van der Waals surface area contributed by atoms with E-state index < -0.39 is 0 Å². The molecule has 138 valence electrons. The van der Waals surface area contributed by atoms with Crippen LogP contribution >= 0.6 is 0 Å². The molecule has 2 aliphatic carbocycles. The zero-order valence-corrected chi connectivity index (χ0v) is 16.0. The summed E-state index contributed by atoms with van der Waals surface area (Å²) in [6.07, 6.45) is 13.8. The quantitative estimate of drug-likeness (QED) is 0.570. The summed E-state index contributed by atoms with van der Waals surface area (Å²) < 4.78 is 5.34. The minimum atomic E-state index is 0.705. The largest absolute Gasteiger partial charge is 0.489 e. The van der Waals surface area contributed by atoms with Crippen LogP contribution in [0.1, 0.15) is 29.5 Å². The van der Waals surface area contributed by atoms with Crippen LogP contribution in [0, 0.1) is 10.4 Å².